The van der Waals surface area contributed by atoms with Gasteiger partial charge in [0.2, 0.25) is 0 Å². The van der Waals surface area contributed by atoms with E-state index in [1.807, 2.05) is 18.4 Å². The second-order valence-electron chi connectivity index (χ2n) is 3.74. The maximum atomic E-state index is 5.45. The Balaban J connectivity index is 1.57. The lowest BCUT2D eigenvalue weighted by atomic mass is 10.1. The zero-order valence-electron chi connectivity index (χ0n) is 8.82. The van der Waals surface area contributed by atoms with E-state index in [1.165, 1.54) is 0 Å². The molecule has 2 heterocycles. The fourth-order valence-corrected chi connectivity index (χ4v) is 1.66. The smallest absolute Gasteiger partial charge is 0.110 e. The summed E-state index contributed by atoms with van der Waals surface area (Å²) in [6.07, 6.45) is 9.11. The highest BCUT2D eigenvalue weighted by atomic mass is 16.5. The molecule has 0 radical (unpaired) electrons. The molecule has 1 N–H and O–H groups in total. The van der Waals surface area contributed by atoms with Crippen LogP contribution in [0.4, 0.5) is 0 Å². The van der Waals surface area contributed by atoms with Crippen LogP contribution in [-0.2, 0) is 11.2 Å². The lowest BCUT2D eigenvalue weighted by Gasteiger charge is -2.19. The number of ether oxygens (including phenoxy) is 1. The van der Waals surface area contributed by atoms with Crippen LogP contribution in [0.25, 0.3) is 0 Å². The van der Waals surface area contributed by atoms with E-state index in [0.717, 1.165) is 38.1 Å². The van der Waals surface area contributed by atoms with Crippen LogP contribution in [0.1, 0.15) is 18.6 Å². The Kier molecular flexibility index (Phi) is 3.85. The molecule has 1 aliphatic rings. The van der Waals surface area contributed by atoms with Crippen LogP contribution in [0, 0.1) is 0 Å². The van der Waals surface area contributed by atoms with Crippen molar-refractivity contribution in [2.24, 2.45) is 0 Å². The highest BCUT2D eigenvalue weighted by molar-refractivity contribution is 4.98. The van der Waals surface area contributed by atoms with Crippen molar-refractivity contribution in [3.8, 4) is 0 Å². The first-order chi connectivity index (χ1) is 7.45. The van der Waals surface area contributed by atoms with E-state index in [1.54, 1.807) is 6.26 Å². The van der Waals surface area contributed by atoms with Gasteiger partial charge >= 0.3 is 0 Å². The van der Waals surface area contributed by atoms with Gasteiger partial charge in [0.05, 0.1) is 12.5 Å². The molecular formula is C12H17NO2. The van der Waals surface area contributed by atoms with Gasteiger partial charge in [0, 0.05) is 19.5 Å². The molecule has 2 rings (SSSR count). The van der Waals surface area contributed by atoms with E-state index < -0.39 is 0 Å². The molecule has 1 atom stereocenters. The van der Waals surface area contributed by atoms with Crippen molar-refractivity contribution in [2.75, 3.05) is 13.1 Å². The van der Waals surface area contributed by atoms with Crippen LogP contribution >= 0.6 is 0 Å². The van der Waals surface area contributed by atoms with Crippen molar-refractivity contribution >= 4 is 0 Å². The third kappa shape index (κ3) is 3.44. The van der Waals surface area contributed by atoms with Gasteiger partial charge in [-0.3, -0.25) is 0 Å². The number of nitrogens with one attached hydrogen (secondary N) is 1. The van der Waals surface area contributed by atoms with Crippen molar-refractivity contribution in [3.05, 3.63) is 36.5 Å². The molecule has 0 fully saturated rings. The summed E-state index contributed by atoms with van der Waals surface area (Å²) in [4.78, 5) is 0. The molecule has 3 heteroatoms. The maximum absolute atomic E-state index is 5.45. The maximum Gasteiger partial charge on any atom is 0.110 e. The molecule has 1 unspecified atom stereocenters. The summed E-state index contributed by atoms with van der Waals surface area (Å²) in [5.41, 5.74) is 0. The monoisotopic (exact) mass is 207 g/mol. The second-order valence-corrected chi connectivity index (χ2v) is 3.74. The Morgan fingerprint density at radius 3 is 3.20 bits per heavy atom. The zero-order valence-corrected chi connectivity index (χ0v) is 8.82. The van der Waals surface area contributed by atoms with Crippen LogP contribution in [-0.4, -0.2) is 19.2 Å². The first kappa shape index (κ1) is 10.3. The predicted molar refractivity (Wildman–Crippen MR) is 58.5 cm³/mol. The summed E-state index contributed by atoms with van der Waals surface area (Å²) >= 11 is 0. The summed E-state index contributed by atoms with van der Waals surface area (Å²) in [6, 6.07) is 3.92. The molecule has 0 aliphatic carbocycles. The van der Waals surface area contributed by atoms with Crippen LogP contribution < -0.4 is 5.32 Å². The van der Waals surface area contributed by atoms with E-state index in [-0.39, 0.29) is 0 Å². The molecule has 0 aromatic carbocycles. The van der Waals surface area contributed by atoms with E-state index >= 15 is 0 Å². The highest BCUT2D eigenvalue weighted by Gasteiger charge is 2.09. The first-order valence-corrected chi connectivity index (χ1v) is 5.49. The molecule has 15 heavy (non-hydrogen) atoms. The standard InChI is InChI=1S/C12H17NO2/c1-2-8-15-12(4-1)10-13-7-6-11-5-3-9-14-11/h2-3,5,8-9,12-13H,1,4,6-7,10H2. The molecule has 0 spiro atoms. The molecule has 1 aromatic heterocycles. The molecule has 82 valence electrons. The lowest BCUT2D eigenvalue weighted by Crippen LogP contribution is -2.30. The van der Waals surface area contributed by atoms with Crippen molar-refractivity contribution in [3.63, 3.8) is 0 Å². The van der Waals surface area contributed by atoms with E-state index in [9.17, 15) is 0 Å². The fourth-order valence-electron chi connectivity index (χ4n) is 1.66. The summed E-state index contributed by atoms with van der Waals surface area (Å²) in [7, 11) is 0. The minimum absolute atomic E-state index is 0.339. The van der Waals surface area contributed by atoms with Gasteiger partial charge in [-0.1, -0.05) is 0 Å². The predicted octanol–water partition coefficient (Wildman–Crippen LogP) is 2.10. The Morgan fingerprint density at radius 1 is 1.47 bits per heavy atom. The van der Waals surface area contributed by atoms with Gasteiger partial charge in [0.15, 0.2) is 0 Å². The van der Waals surface area contributed by atoms with Crippen molar-refractivity contribution in [1.82, 2.24) is 5.32 Å². The molecule has 0 amide bonds. The van der Waals surface area contributed by atoms with Crippen molar-refractivity contribution in [2.45, 2.75) is 25.4 Å². The van der Waals surface area contributed by atoms with Crippen molar-refractivity contribution in [1.29, 1.82) is 0 Å². The molecule has 0 saturated heterocycles. The van der Waals surface area contributed by atoms with Gasteiger partial charge in [-0.25, -0.2) is 0 Å². The van der Waals surface area contributed by atoms with Gasteiger partial charge in [0.1, 0.15) is 11.9 Å². The summed E-state index contributed by atoms with van der Waals surface area (Å²) < 4.78 is 10.7. The zero-order chi connectivity index (χ0) is 10.3. The third-order valence-electron chi connectivity index (χ3n) is 2.52. The first-order valence-electron chi connectivity index (χ1n) is 5.49. The van der Waals surface area contributed by atoms with Crippen molar-refractivity contribution < 1.29 is 9.15 Å². The van der Waals surface area contributed by atoms with Crippen LogP contribution in [0.5, 0.6) is 0 Å². The second kappa shape index (κ2) is 5.61. The Labute approximate surface area is 90.1 Å². The third-order valence-corrected chi connectivity index (χ3v) is 2.52. The highest BCUT2D eigenvalue weighted by Crippen LogP contribution is 2.08. The Bertz CT molecular complexity index is 293. The minimum Gasteiger partial charge on any atom is -0.497 e. The van der Waals surface area contributed by atoms with Gasteiger partial charge in [-0.2, -0.15) is 0 Å². The number of rotatable bonds is 5. The SMILES string of the molecule is C1=COC(CNCCc2ccco2)CC1. The van der Waals surface area contributed by atoms with Gasteiger partial charge in [0.25, 0.3) is 0 Å². The van der Waals surface area contributed by atoms with Gasteiger partial charge in [-0.05, 0) is 31.1 Å². The van der Waals surface area contributed by atoms with E-state index in [4.69, 9.17) is 9.15 Å². The molecule has 0 bridgehead atoms. The number of hydrogen-bond donors (Lipinski definition) is 1. The number of allylic oxidation sites excluding steroid dienone is 1. The molecule has 1 aliphatic heterocycles. The number of furan rings is 1. The molecule has 3 nitrogen and oxygen atoms in total. The average molecular weight is 207 g/mol. The Hall–Kier alpha value is -1.22. The summed E-state index contributed by atoms with van der Waals surface area (Å²) in [6.45, 7) is 1.86. The topological polar surface area (TPSA) is 34.4 Å². The van der Waals surface area contributed by atoms with Gasteiger partial charge in [-0.15, -0.1) is 0 Å². The fraction of sp³-hybridized carbons (Fsp3) is 0.500. The van der Waals surface area contributed by atoms with Gasteiger partial charge < -0.3 is 14.5 Å². The normalized spacial score (nSPS) is 20.1. The van der Waals surface area contributed by atoms with Crippen LogP contribution in [0.2, 0.25) is 0 Å². The van der Waals surface area contributed by atoms with E-state index in [0.29, 0.717) is 6.10 Å². The quantitative estimate of drug-likeness (QED) is 0.751. The summed E-state index contributed by atoms with van der Waals surface area (Å²) in [5, 5.41) is 3.37. The molecule has 1 aromatic rings. The van der Waals surface area contributed by atoms with Crippen LogP contribution in [0.15, 0.2) is 35.2 Å². The largest absolute Gasteiger partial charge is 0.497 e. The molecule has 0 saturated carbocycles. The molecular weight excluding hydrogens is 190 g/mol. The number of hydrogen-bond acceptors (Lipinski definition) is 3. The lowest BCUT2D eigenvalue weighted by molar-refractivity contribution is 0.122. The van der Waals surface area contributed by atoms with Crippen LogP contribution in [0.3, 0.4) is 0 Å². The van der Waals surface area contributed by atoms with E-state index in [2.05, 4.69) is 11.4 Å². The average Bonchev–Trinajstić information content (AvgIpc) is 2.79. The minimum atomic E-state index is 0.339. The summed E-state index contributed by atoms with van der Waals surface area (Å²) in [5.74, 6) is 1.03. The Morgan fingerprint density at radius 2 is 2.47 bits per heavy atom.